The molecule has 1 aromatic rings. The van der Waals surface area contributed by atoms with E-state index in [0.29, 0.717) is 6.54 Å². The number of aliphatic hydroxyl groups is 1. The molecule has 0 aliphatic heterocycles. The molecule has 3 N–H and O–H groups in total. The summed E-state index contributed by atoms with van der Waals surface area (Å²) in [6.45, 7) is 3.60. The van der Waals surface area contributed by atoms with Crippen molar-refractivity contribution in [3.05, 3.63) is 47.2 Å². The van der Waals surface area contributed by atoms with Crippen molar-refractivity contribution in [1.29, 1.82) is 0 Å². The van der Waals surface area contributed by atoms with Crippen LogP contribution in [-0.2, 0) is 16.1 Å². The van der Waals surface area contributed by atoms with E-state index in [2.05, 4.69) is 4.99 Å². The van der Waals surface area contributed by atoms with E-state index < -0.39 is 5.97 Å². The number of aliphatic hydroxyl groups excluding tert-OH is 1. The summed E-state index contributed by atoms with van der Waals surface area (Å²) in [5.41, 5.74) is 6.61. The van der Waals surface area contributed by atoms with Gasteiger partial charge in [-0.25, -0.2) is 4.79 Å². The average molecular weight is 262 g/mol. The third-order valence-electron chi connectivity index (χ3n) is 2.37. The molecule has 5 nitrogen and oxygen atoms in total. The van der Waals surface area contributed by atoms with E-state index in [4.69, 9.17) is 10.5 Å². The minimum Gasteiger partial charge on any atom is -0.512 e. The van der Waals surface area contributed by atoms with Crippen LogP contribution >= 0.6 is 0 Å². The predicted octanol–water partition coefficient (Wildman–Crippen LogP) is 1.94. The Morgan fingerprint density at radius 2 is 2.00 bits per heavy atom. The second-order valence-corrected chi connectivity index (χ2v) is 3.87. The number of carbonyl (C=O) groups excluding carboxylic acids is 1. The number of aliphatic imine (C=N–C) groups is 1. The quantitative estimate of drug-likeness (QED) is 0.279. The van der Waals surface area contributed by atoms with Gasteiger partial charge in [-0.3, -0.25) is 4.99 Å². The molecule has 0 unspecified atom stereocenters. The van der Waals surface area contributed by atoms with Gasteiger partial charge in [-0.15, -0.1) is 0 Å². The van der Waals surface area contributed by atoms with Crippen molar-refractivity contribution in [1.82, 2.24) is 0 Å². The fourth-order valence-corrected chi connectivity index (χ4v) is 1.48. The highest BCUT2D eigenvalue weighted by Crippen LogP contribution is 2.07. The number of ether oxygens (including phenoxy) is 1. The minimum absolute atomic E-state index is 0.0256. The van der Waals surface area contributed by atoms with Gasteiger partial charge < -0.3 is 15.6 Å². The summed E-state index contributed by atoms with van der Waals surface area (Å²) in [7, 11) is 0. The van der Waals surface area contributed by atoms with Gasteiger partial charge in [-0.1, -0.05) is 30.3 Å². The molecule has 0 amide bonds. The Balaban J connectivity index is 2.86. The Labute approximate surface area is 112 Å². The number of hydrogen-bond donors (Lipinski definition) is 2. The third kappa shape index (κ3) is 4.46. The predicted molar refractivity (Wildman–Crippen MR) is 73.7 cm³/mol. The van der Waals surface area contributed by atoms with Gasteiger partial charge in [0, 0.05) is 0 Å². The Morgan fingerprint density at radius 1 is 1.37 bits per heavy atom. The first-order valence-electron chi connectivity index (χ1n) is 5.97. The molecule has 0 radical (unpaired) electrons. The standard InChI is InChI=1S/C14H18N2O3/c1-3-19-14(18)12(10(2)17)13(15)16-9-11-7-5-4-6-8-11/h4-8,17H,3,9H2,1-2H3,(H2,15,16)/b12-10+. The van der Waals surface area contributed by atoms with Gasteiger partial charge in [0.05, 0.1) is 13.2 Å². The van der Waals surface area contributed by atoms with Gasteiger partial charge in [-0.05, 0) is 19.4 Å². The molecule has 0 bridgehead atoms. The van der Waals surface area contributed by atoms with Crippen LogP contribution in [0.3, 0.4) is 0 Å². The summed E-state index contributed by atoms with van der Waals surface area (Å²) in [5.74, 6) is -0.896. The highest BCUT2D eigenvalue weighted by molar-refractivity contribution is 6.18. The van der Waals surface area contributed by atoms with Crippen molar-refractivity contribution in [3.8, 4) is 0 Å². The van der Waals surface area contributed by atoms with E-state index in [0.717, 1.165) is 5.56 Å². The smallest absolute Gasteiger partial charge is 0.345 e. The molecule has 0 atom stereocenters. The summed E-state index contributed by atoms with van der Waals surface area (Å²) in [6.07, 6.45) is 0. The highest BCUT2D eigenvalue weighted by atomic mass is 16.5. The fraction of sp³-hybridized carbons (Fsp3) is 0.286. The van der Waals surface area contributed by atoms with Crippen LogP contribution in [0.1, 0.15) is 19.4 Å². The lowest BCUT2D eigenvalue weighted by Gasteiger charge is -2.07. The second kappa shape index (κ2) is 7.20. The molecule has 19 heavy (non-hydrogen) atoms. The maximum atomic E-state index is 11.6. The maximum absolute atomic E-state index is 11.6. The number of amidine groups is 1. The maximum Gasteiger partial charge on any atom is 0.345 e. The van der Waals surface area contributed by atoms with Gasteiger partial charge in [0.25, 0.3) is 0 Å². The summed E-state index contributed by atoms with van der Waals surface area (Å²) >= 11 is 0. The first-order valence-corrected chi connectivity index (χ1v) is 5.97. The first-order chi connectivity index (χ1) is 9.06. The number of rotatable bonds is 5. The number of carbonyl (C=O) groups is 1. The van der Waals surface area contributed by atoms with Crippen LogP contribution in [0.4, 0.5) is 0 Å². The number of hydrogen-bond acceptors (Lipinski definition) is 4. The van der Waals surface area contributed by atoms with Crippen LogP contribution in [0.5, 0.6) is 0 Å². The molecule has 1 rings (SSSR count). The first kappa shape index (κ1) is 14.8. The Kier molecular flexibility index (Phi) is 5.60. The largest absolute Gasteiger partial charge is 0.512 e. The van der Waals surface area contributed by atoms with E-state index in [-0.39, 0.29) is 23.8 Å². The van der Waals surface area contributed by atoms with E-state index in [1.807, 2.05) is 30.3 Å². The van der Waals surface area contributed by atoms with Crippen LogP contribution in [0.2, 0.25) is 0 Å². The van der Waals surface area contributed by atoms with Crippen molar-refractivity contribution in [2.24, 2.45) is 10.7 Å². The molecule has 0 aliphatic rings. The molecule has 0 saturated carbocycles. The molecule has 0 saturated heterocycles. The van der Waals surface area contributed by atoms with E-state index >= 15 is 0 Å². The number of nitrogens with two attached hydrogens (primary N) is 1. The van der Waals surface area contributed by atoms with Crippen LogP contribution in [0.15, 0.2) is 46.7 Å². The molecule has 1 aromatic carbocycles. The molecule has 0 heterocycles. The number of esters is 1. The molecular formula is C14H18N2O3. The van der Waals surface area contributed by atoms with Gasteiger partial charge in [0.1, 0.15) is 17.2 Å². The monoisotopic (exact) mass is 262 g/mol. The van der Waals surface area contributed by atoms with Gasteiger partial charge in [0.2, 0.25) is 0 Å². The lowest BCUT2D eigenvalue weighted by molar-refractivity contribution is -0.138. The summed E-state index contributed by atoms with van der Waals surface area (Å²) in [6, 6.07) is 9.48. The SMILES string of the molecule is CCOC(=O)/C(C(N)=NCc1ccccc1)=C(\C)O. The zero-order chi connectivity index (χ0) is 14.3. The number of nitrogens with zero attached hydrogens (tertiary/aromatic N) is 1. The molecule has 102 valence electrons. The van der Waals surface area contributed by atoms with Gasteiger partial charge >= 0.3 is 5.97 Å². The van der Waals surface area contributed by atoms with Crippen LogP contribution < -0.4 is 5.73 Å². The molecule has 0 aliphatic carbocycles. The average Bonchev–Trinajstić information content (AvgIpc) is 2.37. The lowest BCUT2D eigenvalue weighted by atomic mass is 10.2. The summed E-state index contributed by atoms with van der Waals surface area (Å²) < 4.78 is 4.82. The Morgan fingerprint density at radius 3 is 2.53 bits per heavy atom. The molecule has 0 aromatic heterocycles. The zero-order valence-electron chi connectivity index (χ0n) is 11.1. The lowest BCUT2D eigenvalue weighted by Crippen LogP contribution is -2.24. The number of benzene rings is 1. The molecular weight excluding hydrogens is 244 g/mol. The molecule has 0 fully saturated rings. The minimum atomic E-state index is -0.670. The summed E-state index contributed by atoms with van der Waals surface area (Å²) in [4.78, 5) is 15.7. The van der Waals surface area contributed by atoms with Crippen LogP contribution in [0.25, 0.3) is 0 Å². The topological polar surface area (TPSA) is 84.9 Å². The number of allylic oxidation sites excluding steroid dienone is 1. The van der Waals surface area contributed by atoms with Crippen molar-refractivity contribution in [3.63, 3.8) is 0 Å². The van der Waals surface area contributed by atoms with E-state index in [1.54, 1.807) is 6.92 Å². The van der Waals surface area contributed by atoms with Crippen molar-refractivity contribution >= 4 is 11.8 Å². The third-order valence-corrected chi connectivity index (χ3v) is 2.37. The molecule has 5 heteroatoms. The Hall–Kier alpha value is -2.30. The van der Waals surface area contributed by atoms with E-state index in [1.165, 1.54) is 6.92 Å². The van der Waals surface area contributed by atoms with E-state index in [9.17, 15) is 9.90 Å². The van der Waals surface area contributed by atoms with Crippen molar-refractivity contribution in [2.75, 3.05) is 6.61 Å². The van der Waals surface area contributed by atoms with Gasteiger partial charge in [-0.2, -0.15) is 0 Å². The summed E-state index contributed by atoms with van der Waals surface area (Å²) in [5, 5.41) is 9.49. The zero-order valence-corrected chi connectivity index (χ0v) is 11.1. The fourth-order valence-electron chi connectivity index (χ4n) is 1.48. The normalized spacial score (nSPS) is 12.8. The molecule has 0 spiro atoms. The van der Waals surface area contributed by atoms with Crippen LogP contribution in [0, 0.1) is 0 Å². The van der Waals surface area contributed by atoms with Gasteiger partial charge in [0.15, 0.2) is 0 Å². The Bertz CT molecular complexity index is 489. The highest BCUT2D eigenvalue weighted by Gasteiger charge is 2.18. The second-order valence-electron chi connectivity index (χ2n) is 3.87. The van der Waals surface area contributed by atoms with Crippen LogP contribution in [-0.4, -0.2) is 23.5 Å². The van der Waals surface area contributed by atoms with Crippen molar-refractivity contribution in [2.45, 2.75) is 20.4 Å². The van der Waals surface area contributed by atoms with Crippen molar-refractivity contribution < 1.29 is 14.6 Å².